The van der Waals surface area contributed by atoms with Gasteiger partial charge < -0.3 is 15.5 Å². The van der Waals surface area contributed by atoms with Gasteiger partial charge in [-0.1, -0.05) is 30.0 Å². The Morgan fingerprint density at radius 2 is 1.93 bits per heavy atom. The van der Waals surface area contributed by atoms with Gasteiger partial charge >= 0.3 is 0 Å². The van der Waals surface area contributed by atoms with E-state index in [1.807, 2.05) is 12.1 Å². The highest BCUT2D eigenvalue weighted by Crippen LogP contribution is 2.23. The summed E-state index contributed by atoms with van der Waals surface area (Å²) in [6, 6.07) is 13.6. The lowest BCUT2D eigenvalue weighted by Gasteiger charge is -2.17. The van der Waals surface area contributed by atoms with Crippen molar-refractivity contribution in [2.24, 2.45) is 0 Å². The molecule has 0 fully saturated rings. The number of thioether (sulfide) groups is 1. The Balaban J connectivity index is 1.62. The normalized spacial score (nSPS) is 10.7. The van der Waals surface area contributed by atoms with E-state index in [0.29, 0.717) is 16.5 Å². The van der Waals surface area contributed by atoms with Gasteiger partial charge in [-0.3, -0.25) is 4.79 Å². The fraction of sp³-hybridized carbons (Fsp3) is 0.211. The van der Waals surface area contributed by atoms with Gasteiger partial charge in [-0.05, 0) is 30.3 Å². The average Bonchev–Trinajstić information content (AvgIpc) is 3.08. The molecule has 3 rings (SSSR count). The zero-order valence-electron chi connectivity index (χ0n) is 15.5. The van der Waals surface area contributed by atoms with Gasteiger partial charge in [0.2, 0.25) is 11.1 Å². The number of methoxy groups -OCH3 is 1. The fourth-order valence-electron chi connectivity index (χ4n) is 2.52. The molecule has 0 unspecified atom stereocenters. The Labute approximate surface area is 166 Å². The maximum Gasteiger partial charge on any atom is 0.233 e. The average molecular weight is 401 g/mol. The van der Waals surface area contributed by atoms with Gasteiger partial charge in [-0.2, -0.15) is 0 Å². The Morgan fingerprint density at radius 3 is 2.61 bits per heavy atom. The molecule has 0 aliphatic carbocycles. The molecule has 2 N–H and O–H groups in total. The topological polar surface area (TPSA) is 86.3 Å². The molecule has 1 heterocycles. The maximum absolute atomic E-state index is 13.7. The molecular formula is C19H20FN5O2S. The van der Waals surface area contributed by atoms with Crippen LogP contribution in [0.1, 0.15) is 5.56 Å². The molecule has 0 bridgehead atoms. The van der Waals surface area contributed by atoms with E-state index in [9.17, 15) is 9.18 Å². The first kappa shape index (κ1) is 19.7. The van der Waals surface area contributed by atoms with E-state index in [1.165, 1.54) is 27.4 Å². The Morgan fingerprint density at radius 1 is 1.21 bits per heavy atom. The number of amides is 1. The minimum Gasteiger partial charge on any atom is -0.497 e. The molecule has 0 aliphatic heterocycles. The van der Waals surface area contributed by atoms with Crippen molar-refractivity contribution in [1.29, 1.82) is 0 Å². The quantitative estimate of drug-likeness (QED) is 0.484. The van der Waals surface area contributed by atoms with Crippen LogP contribution in [0.4, 0.5) is 4.39 Å². The summed E-state index contributed by atoms with van der Waals surface area (Å²) in [6.45, 7) is 0.193. The summed E-state index contributed by atoms with van der Waals surface area (Å²) in [6.07, 6.45) is 0. The number of rotatable bonds is 7. The summed E-state index contributed by atoms with van der Waals surface area (Å²) >= 11 is 1.18. The maximum atomic E-state index is 13.7. The number of hydrogen-bond donors (Lipinski definition) is 1. The molecular weight excluding hydrogens is 381 g/mol. The Hall–Kier alpha value is -3.07. The minimum absolute atomic E-state index is 0.114. The van der Waals surface area contributed by atoms with Gasteiger partial charge in [0.25, 0.3) is 0 Å². The molecule has 1 aromatic heterocycles. The second-order valence-corrected chi connectivity index (χ2v) is 6.98. The molecule has 2 aromatic carbocycles. The van der Waals surface area contributed by atoms with Crippen molar-refractivity contribution in [3.8, 4) is 17.1 Å². The highest BCUT2D eigenvalue weighted by atomic mass is 32.2. The molecule has 0 saturated heterocycles. The Bertz CT molecular complexity index is 961. The highest BCUT2D eigenvalue weighted by Gasteiger charge is 2.16. The smallest absolute Gasteiger partial charge is 0.233 e. The number of hydrogen-bond acceptors (Lipinski definition) is 6. The second-order valence-electron chi connectivity index (χ2n) is 6.03. The van der Waals surface area contributed by atoms with Gasteiger partial charge in [-0.15, -0.1) is 10.2 Å². The lowest BCUT2D eigenvalue weighted by Crippen LogP contribution is -2.28. The van der Waals surface area contributed by atoms with Crippen LogP contribution in [0.2, 0.25) is 0 Å². The number of carbonyl (C=O) groups is 1. The molecule has 7 nitrogen and oxygen atoms in total. The number of carbonyl (C=O) groups excluding carboxylic acids is 1. The molecule has 0 atom stereocenters. The molecule has 9 heteroatoms. The van der Waals surface area contributed by atoms with E-state index < -0.39 is 0 Å². The van der Waals surface area contributed by atoms with Crippen LogP contribution in [0.5, 0.6) is 5.75 Å². The van der Waals surface area contributed by atoms with Crippen LogP contribution in [-0.2, 0) is 11.3 Å². The van der Waals surface area contributed by atoms with E-state index in [-0.39, 0.29) is 24.0 Å². The van der Waals surface area contributed by atoms with Crippen molar-refractivity contribution in [1.82, 2.24) is 19.8 Å². The van der Waals surface area contributed by atoms with E-state index in [1.54, 1.807) is 44.5 Å². The zero-order valence-corrected chi connectivity index (χ0v) is 16.3. The largest absolute Gasteiger partial charge is 0.497 e. The molecule has 0 saturated carbocycles. The van der Waals surface area contributed by atoms with Crippen LogP contribution in [0.25, 0.3) is 11.4 Å². The monoisotopic (exact) mass is 401 g/mol. The molecule has 1 amide bonds. The lowest BCUT2D eigenvalue weighted by atomic mass is 10.2. The summed E-state index contributed by atoms with van der Waals surface area (Å²) in [5, 5.41) is 8.56. The standard InChI is InChI=1S/C19H20FN5O2S/c1-24(11-14-5-3-4-6-16(14)20)17(26)12-28-19-23-22-18(25(19)21)13-7-9-15(27-2)10-8-13/h3-10H,11-12,21H2,1-2H3. The number of halogens is 1. The number of nitrogen functional groups attached to an aromatic ring is 1. The third-order valence-corrected chi connectivity index (χ3v) is 5.06. The van der Waals surface area contributed by atoms with Crippen LogP contribution >= 0.6 is 11.8 Å². The molecule has 0 spiro atoms. The zero-order chi connectivity index (χ0) is 20.1. The summed E-state index contributed by atoms with van der Waals surface area (Å²) < 4.78 is 20.2. The van der Waals surface area contributed by atoms with Crippen molar-refractivity contribution in [2.75, 3.05) is 25.8 Å². The van der Waals surface area contributed by atoms with Crippen LogP contribution in [0.3, 0.4) is 0 Å². The summed E-state index contributed by atoms with van der Waals surface area (Å²) in [7, 11) is 3.22. The summed E-state index contributed by atoms with van der Waals surface area (Å²) in [5.74, 6) is 6.90. The number of ether oxygens (including phenoxy) is 1. The lowest BCUT2D eigenvalue weighted by molar-refractivity contribution is -0.127. The van der Waals surface area contributed by atoms with Gasteiger partial charge in [0.1, 0.15) is 11.6 Å². The SMILES string of the molecule is COc1ccc(-c2nnc(SCC(=O)N(C)Cc3ccccc3F)n2N)cc1. The van der Waals surface area contributed by atoms with Crippen LogP contribution < -0.4 is 10.6 Å². The highest BCUT2D eigenvalue weighted by molar-refractivity contribution is 7.99. The van der Waals surface area contributed by atoms with Gasteiger partial charge in [-0.25, -0.2) is 9.07 Å². The van der Waals surface area contributed by atoms with Crippen LogP contribution in [0, 0.1) is 5.82 Å². The van der Waals surface area contributed by atoms with Crippen LogP contribution in [0.15, 0.2) is 53.7 Å². The van der Waals surface area contributed by atoms with Crippen molar-refractivity contribution in [3.05, 3.63) is 59.9 Å². The first-order valence-electron chi connectivity index (χ1n) is 8.44. The predicted molar refractivity (Wildman–Crippen MR) is 106 cm³/mol. The number of nitrogens with two attached hydrogens (primary N) is 1. The molecule has 0 aliphatic rings. The molecule has 28 heavy (non-hydrogen) atoms. The van der Waals surface area contributed by atoms with Crippen molar-refractivity contribution < 1.29 is 13.9 Å². The summed E-state index contributed by atoms with van der Waals surface area (Å²) in [4.78, 5) is 13.8. The van der Waals surface area contributed by atoms with Crippen molar-refractivity contribution in [2.45, 2.75) is 11.7 Å². The Kier molecular flexibility index (Phi) is 6.15. The predicted octanol–water partition coefficient (Wildman–Crippen LogP) is 2.56. The van der Waals surface area contributed by atoms with Gasteiger partial charge in [0.05, 0.1) is 12.9 Å². The minimum atomic E-state index is -0.333. The van der Waals surface area contributed by atoms with E-state index in [0.717, 1.165) is 11.3 Å². The number of aromatic nitrogens is 3. The van der Waals surface area contributed by atoms with E-state index in [2.05, 4.69) is 10.2 Å². The molecule has 0 radical (unpaired) electrons. The molecule has 146 valence electrons. The second kappa shape index (κ2) is 8.75. The first-order chi connectivity index (χ1) is 13.5. The van der Waals surface area contributed by atoms with Crippen LogP contribution in [-0.4, -0.2) is 45.6 Å². The summed E-state index contributed by atoms with van der Waals surface area (Å²) in [5.41, 5.74) is 1.25. The van der Waals surface area contributed by atoms with Crippen molar-refractivity contribution in [3.63, 3.8) is 0 Å². The molecule has 3 aromatic rings. The number of nitrogens with zero attached hydrogens (tertiary/aromatic N) is 4. The first-order valence-corrected chi connectivity index (χ1v) is 9.43. The third-order valence-electron chi connectivity index (χ3n) is 4.13. The van der Waals surface area contributed by atoms with E-state index >= 15 is 0 Å². The van der Waals surface area contributed by atoms with E-state index in [4.69, 9.17) is 10.6 Å². The van der Waals surface area contributed by atoms with Crippen molar-refractivity contribution >= 4 is 17.7 Å². The fourth-order valence-corrected chi connectivity index (χ4v) is 3.32. The number of benzene rings is 2. The van der Waals surface area contributed by atoms with Gasteiger partial charge in [0, 0.05) is 24.7 Å². The third kappa shape index (κ3) is 4.42. The van der Waals surface area contributed by atoms with Gasteiger partial charge in [0.15, 0.2) is 5.82 Å².